The number of aryl methyl sites for hydroxylation is 3. The van der Waals surface area contributed by atoms with E-state index < -0.39 is 0 Å². The van der Waals surface area contributed by atoms with Crippen molar-refractivity contribution in [3.8, 4) is 22.5 Å². The Balaban J connectivity index is 0.000000179. The van der Waals surface area contributed by atoms with E-state index in [9.17, 15) is 0 Å². The van der Waals surface area contributed by atoms with Gasteiger partial charge in [-0.1, -0.05) is 40.8 Å². The van der Waals surface area contributed by atoms with Crippen LogP contribution in [0.25, 0.3) is 54.5 Å². The summed E-state index contributed by atoms with van der Waals surface area (Å²) in [7, 11) is 0. The van der Waals surface area contributed by atoms with Gasteiger partial charge in [0.1, 0.15) is 5.58 Å². The van der Waals surface area contributed by atoms with Gasteiger partial charge >= 0.3 is 0 Å². The van der Waals surface area contributed by atoms with Gasteiger partial charge in [0.2, 0.25) is 0 Å². The molecule has 0 saturated heterocycles. The van der Waals surface area contributed by atoms with Gasteiger partial charge in [0, 0.05) is 48.0 Å². The van der Waals surface area contributed by atoms with Crippen molar-refractivity contribution in [1.82, 2.24) is 9.97 Å². The van der Waals surface area contributed by atoms with Crippen molar-refractivity contribution in [2.24, 2.45) is 0 Å². The fourth-order valence-corrected chi connectivity index (χ4v) is 5.16. The molecule has 7 rings (SSSR count). The van der Waals surface area contributed by atoms with Crippen molar-refractivity contribution in [3.05, 3.63) is 119 Å². The van der Waals surface area contributed by atoms with Crippen LogP contribution in [0.1, 0.15) is 16.7 Å². The van der Waals surface area contributed by atoms with Crippen LogP contribution in [0, 0.1) is 32.9 Å². The summed E-state index contributed by atoms with van der Waals surface area (Å²) >= 11 is 1.74. The second kappa shape index (κ2) is 11.0. The Labute approximate surface area is 239 Å². The molecule has 3 aromatic carbocycles. The van der Waals surface area contributed by atoms with Crippen LogP contribution < -0.4 is 0 Å². The van der Waals surface area contributed by atoms with Gasteiger partial charge in [-0.25, -0.2) is 0 Å². The van der Waals surface area contributed by atoms with Crippen molar-refractivity contribution in [1.29, 1.82) is 0 Å². The average molecular weight is 689 g/mol. The molecule has 0 saturated carbocycles. The average Bonchev–Trinajstić information content (AvgIpc) is 3.56. The summed E-state index contributed by atoms with van der Waals surface area (Å²) in [5.74, 6) is 0. The van der Waals surface area contributed by atoms with E-state index in [-0.39, 0.29) is 20.1 Å². The molecule has 0 atom stereocenters. The van der Waals surface area contributed by atoms with E-state index in [1.165, 1.54) is 26.8 Å². The third-order valence-corrected chi connectivity index (χ3v) is 7.44. The monoisotopic (exact) mass is 689 g/mol. The molecule has 1 radical (unpaired) electrons. The van der Waals surface area contributed by atoms with Gasteiger partial charge in [0.25, 0.3) is 0 Å². The van der Waals surface area contributed by atoms with E-state index in [1.54, 1.807) is 11.3 Å². The quantitative estimate of drug-likeness (QED) is 0.170. The first-order valence-electron chi connectivity index (χ1n) is 12.1. The molecule has 0 aliphatic rings. The predicted octanol–water partition coefficient (Wildman–Crippen LogP) is 9.13. The number of nitrogens with zero attached hydrogens (tertiary/aromatic N) is 2. The minimum absolute atomic E-state index is 0. The van der Waals surface area contributed by atoms with Crippen LogP contribution in [-0.4, -0.2) is 9.97 Å². The summed E-state index contributed by atoms with van der Waals surface area (Å²) in [6.45, 7) is 6.21. The molecule has 5 heteroatoms. The van der Waals surface area contributed by atoms with E-state index in [0.717, 1.165) is 44.5 Å². The van der Waals surface area contributed by atoms with Crippen molar-refractivity contribution in [2.45, 2.75) is 20.8 Å². The van der Waals surface area contributed by atoms with Crippen LogP contribution >= 0.6 is 11.3 Å². The number of fused-ring (bicyclic) bond motifs is 5. The maximum atomic E-state index is 6.32. The van der Waals surface area contributed by atoms with E-state index >= 15 is 0 Å². The van der Waals surface area contributed by atoms with Crippen molar-refractivity contribution < 1.29 is 24.5 Å². The molecule has 0 aliphatic heterocycles. The topological polar surface area (TPSA) is 38.9 Å². The normalized spacial score (nSPS) is 10.8. The second-order valence-electron chi connectivity index (χ2n) is 9.12. The van der Waals surface area contributed by atoms with Crippen molar-refractivity contribution in [3.63, 3.8) is 0 Å². The number of hydrogen-bond acceptors (Lipinski definition) is 4. The van der Waals surface area contributed by atoms with E-state index in [2.05, 4.69) is 77.7 Å². The summed E-state index contributed by atoms with van der Waals surface area (Å²) in [4.78, 5) is 8.91. The Morgan fingerprint density at radius 3 is 2.32 bits per heavy atom. The van der Waals surface area contributed by atoms with Crippen molar-refractivity contribution in [2.75, 3.05) is 0 Å². The minimum atomic E-state index is 0. The molecular weight excluding hydrogens is 665 g/mol. The number of thiophene rings is 1. The van der Waals surface area contributed by atoms with Gasteiger partial charge < -0.3 is 14.4 Å². The van der Waals surface area contributed by atoms with Gasteiger partial charge in [-0.3, -0.25) is 0 Å². The number of aromatic nitrogens is 2. The number of pyridine rings is 2. The second-order valence-corrected chi connectivity index (χ2v) is 10.1. The van der Waals surface area contributed by atoms with Gasteiger partial charge in [-0.15, -0.1) is 65.4 Å². The first kappa shape index (κ1) is 26.0. The first-order valence-corrected chi connectivity index (χ1v) is 13.0. The minimum Gasteiger partial charge on any atom is -0.500 e. The Bertz CT molecular complexity index is 1850. The zero-order chi connectivity index (χ0) is 25.4. The number of rotatable bonds is 2. The molecule has 3 nitrogen and oxygen atoms in total. The summed E-state index contributed by atoms with van der Waals surface area (Å²) in [5, 5.41) is 5.55. The number of furan rings is 1. The number of benzene rings is 3. The zero-order valence-electron chi connectivity index (χ0n) is 21.2. The van der Waals surface area contributed by atoms with Crippen LogP contribution in [0.3, 0.4) is 0 Å². The summed E-state index contributed by atoms with van der Waals surface area (Å²) in [5.41, 5.74) is 9.26. The molecule has 7 aromatic rings. The third-order valence-electron chi connectivity index (χ3n) is 6.55. The van der Waals surface area contributed by atoms with Crippen molar-refractivity contribution >= 4 is 43.4 Å². The van der Waals surface area contributed by atoms with Gasteiger partial charge in [-0.05, 0) is 60.8 Å². The fourth-order valence-electron chi connectivity index (χ4n) is 4.38. The molecule has 0 unspecified atom stereocenters. The van der Waals surface area contributed by atoms with Gasteiger partial charge in [0.05, 0.1) is 5.58 Å². The standard InChI is InChI=1S/C21H14NOS.C12H10N.Ir/c1-12-10-18(22-11-13(12)2)16-5-3-4-14-15-6-7-19-17(8-9-24-19)21(15)23-20(14)16;1-10-7-8-12(13-9-10)11-5-3-2-4-6-11;/h3-4,6-11H,1-2H3;2-5,7-9H,1H3;/q2*-1;. The van der Waals surface area contributed by atoms with Crippen LogP contribution in [0.15, 0.2) is 95.0 Å². The molecule has 0 N–H and O–H groups in total. The molecule has 4 heterocycles. The molecule has 189 valence electrons. The molecular formula is C33H24IrN2OS-2. The Hall–Kier alpha value is -3.63. The zero-order valence-corrected chi connectivity index (χ0v) is 24.4. The van der Waals surface area contributed by atoms with Crippen LogP contribution in [-0.2, 0) is 20.1 Å². The van der Waals surface area contributed by atoms with E-state index in [0.29, 0.717) is 0 Å². The van der Waals surface area contributed by atoms with Crippen LogP contribution in [0.2, 0.25) is 0 Å². The molecule has 0 bridgehead atoms. The Kier molecular flexibility index (Phi) is 7.53. The SMILES string of the molecule is Cc1ccc(-c2[c-]cccc2)nc1.Cc1cnc(-c2[c-]ccc3c2oc2c4ccsc4ccc32)cc1C.[Ir]. The van der Waals surface area contributed by atoms with E-state index in [1.807, 2.05) is 55.7 Å². The molecule has 0 aliphatic carbocycles. The predicted molar refractivity (Wildman–Crippen MR) is 154 cm³/mol. The van der Waals surface area contributed by atoms with E-state index in [4.69, 9.17) is 4.42 Å². The summed E-state index contributed by atoms with van der Waals surface area (Å²) < 4.78 is 7.56. The van der Waals surface area contributed by atoms with Crippen LogP contribution in [0.4, 0.5) is 0 Å². The Morgan fingerprint density at radius 1 is 0.711 bits per heavy atom. The summed E-state index contributed by atoms with van der Waals surface area (Å²) in [6, 6.07) is 31.0. The largest absolute Gasteiger partial charge is 0.500 e. The van der Waals surface area contributed by atoms with Crippen LogP contribution in [0.5, 0.6) is 0 Å². The molecule has 38 heavy (non-hydrogen) atoms. The molecule has 0 spiro atoms. The smallest absolute Gasteiger partial charge is 0.129 e. The van der Waals surface area contributed by atoms with Gasteiger partial charge in [-0.2, -0.15) is 0 Å². The maximum absolute atomic E-state index is 6.32. The fraction of sp³-hybridized carbons (Fsp3) is 0.0909. The number of hydrogen-bond donors (Lipinski definition) is 0. The molecule has 4 aromatic heterocycles. The maximum Gasteiger partial charge on any atom is 0.129 e. The Morgan fingerprint density at radius 2 is 1.55 bits per heavy atom. The molecule has 0 fully saturated rings. The third kappa shape index (κ3) is 4.93. The molecule has 0 amide bonds. The van der Waals surface area contributed by atoms with Gasteiger partial charge in [0.15, 0.2) is 0 Å². The first-order chi connectivity index (χ1) is 18.1. The summed E-state index contributed by atoms with van der Waals surface area (Å²) in [6.07, 6.45) is 3.78.